The van der Waals surface area contributed by atoms with Gasteiger partial charge in [-0.2, -0.15) is 18.4 Å². The number of amides is 4. The molecule has 204 valence electrons. The molecule has 3 unspecified atom stereocenters. The van der Waals surface area contributed by atoms with Gasteiger partial charge >= 0.3 is 12.1 Å². The van der Waals surface area contributed by atoms with Gasteiger partial charge in [-0.15, -0.1) is 0 Å². The van der Waals surface area contributed by atoms with Gasteiger partial charge < -0.3 is 20.9 Å². The molecule has 2 aliphatic heterocycles. The Morgan fingerprint density at radius 3 is 2.32 bits per heavy atom. The van der Waals surface area contributed by atoms with Gasteiger partial charge in [0.25, 0.3) is 0 Å². The fourth-order valence-corrected chi connectivity index (χ4v) is 6.64. The van der Waals surface area contributed by atoms with Crippen molar-refractivity contribution in [1.29, 1.82) is 5.26 Å². The molecule has 12 heteroatoms. The molecule has 2 heterocycles. The molecule has 4 rings (SSSR count). The summed E-state index contributed by atoms with van der Waals surface area (Å²) < 4.78 is 39.1. The van der Waals surface area contributed by atoms with Crippen molar-refractivity contribution in [2.75, 3.05) is 13.1 Å². The molecule has 4 aliphatic rings. The van der Waals surface area contributed by atoms with Crippen molar-refractivity contribution < 1.29 is 32.3 Å². The van der Waals surface area contributed by atoms with Gasteiger partial charge in [0, 0.05) is 19.0 Å². The van der Waals surface area contributed by atoms with E-state index in [4.69, 9.17) is 0 Å². The van der Waals surface area contributed by atoms with E-state index in [9.17, 15) is 37.6 Å². The highest BCUT2D eigenvalue weighted by Gasteiger charge is 2.59. The van der Waals surface area contributed by atoms with Gasteiger partial charge in [0.2, 0.25) is 17.7 Å². The normalized spacial score (nSPS) is 32.4. The van der Waals surface area contributed by atoms with Crippen molar-refractivity contribution in [1.82, 2.24) is 20.9 Å². The molecule has 0 radical (unpaired) electrons. The quantitative estimate of drug-likeness (QED) is 0.484. The molecule has 9 nitrogen and oxygen atoms in total. The number of carbonyl (C=O) groups excluding carboxylic acids is 4. The molecule has 2 saturated carbocycles. The molecule has 0 aromatic rings. The van der Waals surface area contributed by atoms with Crippen molar-refractivity contribution >= 4 is 23.6 Å². The van der Waals surface area contributed by atoms with Crippen LogP contribution >= 0.6 is 0 Å². The summed E-state index contributed by atoms with van der Waals surface area (Å²) in [6.45, 7) is 5.39. The minimum absolute atomic E-state index is 0.0403. The van der Waals surface area contributed by atoms with Gasteiger partial charge in [0.05, 0.1) is 6.07 Å². The molecular formula is C25H34F3N5O4. The third kappa shape index (κ3) is 5.27. The van der Waals surface area contributed by atoms with E-state index in [1.165, 1.54) is 4.90 Å². The molecular weight excluding hydrogens is 491 g/mol. The maximum Gasteiger partial charge on any atom is 0.471 e. The summed E-state index contributed by atoms with van der Waals surface area (Å²) >= 11 is 0. The molecule has 0 aromatic heterocycles. The van der Waals surface area contributed by atoms with Gasteiger partial charge in [0.15, 0.2) is 0 Å². The lowest BCUT2D eigenvalue weighted by atomic mass is 9.72. The second-order valence-corrected chi connectivity index (χ2v) is 12.0. The summed E-state index contributed by atoms with van der Waals surface area (Å²) in [7, 11) is 0. The van der Waals surface area contributed by atoms with Gasteiger partial charge in [-0.1, -0.05) is 20.8 Å². The third-order valence-electron chi connectivity index (χ3n) is 8.65. The van der Waals surface area contributed by atoms with Crippen molar-refractivity contribution in [3.05, 3.63) is 0 Å². The van der Waals surface area contributed by atoms with Crippen LogP contribution in [0.1, 0.15) is 52.9 Å². The minimum Gasteiger partial charge on any atom is -0.356 e. The maximum absolute atomic E-state index is 13.7. The number of alkyl halides is 3. The van der Waals surface area contributed by atoms with Gasteiger partial charge in [-0.25, -0.2) is 0 Å². The van der Waals surface area contributed by atoms with E-state index in [1.807, 2.05) is 11.4 Å². The Kier molecular flexibility index (Phi) is 7.20. The molecule has 2 aliphatic carbocycles. The smallest absolute Gasteiger partial charge is 0.356 e. The van der Waals surface area contributed by atoms with E-state index < -0.39 is 53.4 Å². The number of carbonyl (C=O) groups is 4. The van der Waals surface area contributed by atoms with Crippen LogP contribution in [0.25, 0.3) is 0 Å². The average Bonchev–Trinajstić information content (AvgIpc) is 3.41. The minimum atomic E-state index is -5.16. The summed E-state index contributed by atoms with van der Waals surface area (Å²) in [6.07, 6.45) is -1.71. The molecule has 0 bridgehead atoms. The van der Waals surface area contributed by atoms with Crippen molar-refractivity contribution in [2.45, 2.75) is 77.2 Å². The predicted octanol–water partition coefficient (Wildman–Crippen LogP) is 1.49. The van der Waals surface area contributed by atoms with Crippen LogP contribution in [0.5, 0.6) is 0 Å². The zero-order valence-electron chi connectivity index (χ0n) is 21.2. The van der Waals surface area contributed by atoms with Crippen LogP contribution < -0.4 is 16.0 Å². The van der Waals surface area contributed by atoms with E-state index in [0.717, 1.165) is 19.3 Å². The molecule has 4 fully saturated rings. The zero-order valence-corrected chi connectivity index (χ0v) is 21.2. The summed E-state index contributed by atoms with van der Waals surface area (Å²) in [5.41, 5.74) is -1.05. The van der Waals surface area contributed by atoms with Crippen LogP contribution in [0.2, 0.25) is 0 Å². The Morgan fingerprint density at radius 2 is 1.81 bits per heavy atom. The van der Waals surface area contributed by atoms with Crippen LogP contribution in [-0.2, 0) is 19.2 Å². The first-order chi connectivity index (χ1) is 17.2. The molecule has 0 spiro atoms. The van der Waals surface area contributed by atoms with Gasteiger partial charge in [0.1, 0.15) is 18.1 Å². The van der Waals surface area contributed by atoms with Crippen LogP contribution in [0.3, 0.4) is 0 Å². The van der Waals surface area contributed by atoms with Crippen LogP contribution in [-0.4, -0.2) is 65.9 Å². The molecule has 4 amide bonds. The van der Waals surface area contributed by atoms with Gasteiger partial charge in [-0.05, 0) is 61.2 Å². The number of halogens is 3. The SMILES string of the molecule is CC(C)(C)[C@H](NC(=O)C(F)(F)F)C(=O)N1C[C@@H]2C3CCC3C[C@@H]2[C@H]1C(=O)N[C@H](C#N)CC1CCNC1=O. The highest BCUT2D eigenvalue weighted by Crippen LogP contribution is 2.57. The largest absolute Gasteiger partial charge is 0.471 e. The number of hydrogen-bond acceptors (Lipinski definition) is 5. The molecule has 37 heavy (non-hydrogen) atoms. The Hall–Kier alpha value is -2.84. The fraction of sp³-hybridized carbons (Fsp3) is 0.800. The topological polar surface area (TPSA) is 131 Å². The monoisotopic (exact) mass is 525 g/mol. The predicted molar refractivity (Wildman–Crippen MR) is 124 cm³/mol. The number of fused-ring (bicyclic) bond motifs is 3. The first kappa shape index (κ1) is 27.2. The van der Waals surface area contributed by atoms with E-state index in [2.05, 4.69) is 10.6 Å². The molecule has 3 N–H and O–H groups in total. The Morgan fingerprint density at radius 1 is 1.11 bits per heavy atom. The van der Waals surface area contributed by atoms with E-state index in [0.29, 0.717) is 24.8 Å². The van der Waals surface area contributed by atoms with Crippen molar-refractivity contribution in [3.63, 3.8) is 0 Å². The highest BCUT2D eigenvalue weighted by molar-refractivity contribution is 5.94. The highest BCUT2D eigenvalue weighted by atomic mass is 19.4. The standard InChI is InChI=1S/C25H34F3N5O4/c1-24(2,3)19(32-23(37)25(26,27)28)22(36)33-11-17-15-5-4-12(15)9-16(17)18(33)21(35)31-14(10-29)8-13-6-7-30-20(13)34/h12-19H,4-9,11H2,1-3H3,(H,30,34)(H,31,35)(H,32,37)/t12?,13?,14-,15?,16-,17+,18-,19+/m0/s1. The number of likely N-dealkylation sites (tertiary alicyclic amines) is 1. The lowest BCUT2D eigenvalue weighted by Gasteiger charge is -2.38. The van der Waals surface area contributed by atoms with Crippen molar-refractivity contribution in [2.24, 2.45) is 35.0 Å². The first-order valence-electron chi connectivity index (χ1n) is 12.9. The van der Waals surface area contributed by atoms with E-state index >= 15 is 0 Å². The molecule has 2 saturated heterocycles. The second kappa shape index (κ2) is 9.80. The van der Waals surface area contributed by atoms with Crippen LogP contribution in [0.4, 0.5) is 13.2 Å². The number of nitriles is 1. The van der Waals surface area contributed by atoms with Crippen LogP contribution in [0.15, 0.2) is 0 Å². The summed E-state index contributed by atoms with van der Waals surface area (Å²) in [4.78, 5) is 52.4. The van der Waals surface area contributed by atoms with E-state index in [-0.39, 0.29) is 30.7 Å². The number of nitrogens with zero attached hydrogens (tertiary/aromatic N) is 2. The summed E-state index contributed by atoms with van der Waals surface area (Å²) in [5.74, 6) is -3.38. The van der Waals surface area contributed by atoms with Crippen LogP contribution in [0, 0.1) is 46.3 Å². The Balaban J connectivity index is 1.57. The fourth-order valence-electron chi connectivity index (χ4n) is 6.64. The summed E-state index contributed by atoms with van der Waals surface area (Å²) in [6, 6.07) is -1.37. The first-order valence-corrected chi connectivity index (χ1v) is 12.9. The maximum atomic E-state index is 13.7. The third-order valence-corrected chi connectivity index (χ3v) is 8.65. The van der Waals surface area contributed by atoms with E-state index in [1.54, 1.807) is 20.8 Å². The Bertz CT molecular complexity index is 1000. The van der Waals surface area contributed by atoms with Gasteiger partial charge in [-0.3, -0.25) is 19.2 Å². The molecule has 0 aromatic carbocycles. The Labute approximate surface area is 213 Å². The van der Waals surface area contributed by atoms with Crippen molar-refractivity contribution in [3.8, 4) is 6.07 Å². The lowest BCUT2D eigenvalue weighted by Crippen LogP contribution is -2.60. The zero-order chi connectivity index (χ0) is 27.3. The number of nitrogens with one attached hydrogen (secondary N) is 3. The molecule has 8 atom stereocenters. The number of rotatable bonds is 6. The second-order valence-electron chi connectivity index (χ2n) is 12.0. The number of hydrogen-bond donors (Lipinski definition) is 3. The summed E-state index contributed by atoms with van der Waals surface area (Å²) in [5, 5.41) is 16.9. The average molecular weight is 526 g/mol. The lowest BCUT2D eigenvalue weighted by molar-refractivity contribution is -0.176.